The molecule has 2 nitrogen and oxygen atoms in total. The summed E-state index contributed by atoms with van der Waals surface area (Å²) in [5, 5.41) is 6.08. The van der Waals surface area contributed by atoms with E-state index in [9.17, 15) is 0 Å². The summed E-state index contributed by atoms with van der Waals surface area (Å²) < 4.78 is 2.42. The van der Waals surface area contributed by atoms with Crippen molar-refractivity contribution in [2.45, 2.75) is 13.0 Å². The van der Waals surface area contributed by atoms with Crippen molar-refractivity contribution in [2.24, 2.45) is 0 Å². The molecule has 0 bridgehead atoms. The highest BCUT2D eigenvalue weighted by atomic mass is 35.5. The molecule has 0 amide bonds. The molecular weight excluding hydrogens is 315 g/mol. The van der Waals surface area contributed by atoms with Gasteiger partial charge in [0.1, 0.15) is 0 Å². The number of rotatable bonds is 1. The van der Waals surface area contributed by atoms with Crippen LogP contribution in [0.3, 0.4) is 0 Å². The molecule has 1 aliphatic heterocycles. The van der Waals surface area contributed by atoms with Gasteiger partial charge in [0.15, 0.2) is 0 Å². The standard InChI is InChI=1S/C18H16Cl2N2/c19-14-2-3-16(17(20)11-14)12-1-4-18-13(9-12)10-15-5-6-21-7-8-22(15)18/h1-4,9-11,21H,5-8H2. The fourth-order valence-electron chi connectivity index (χ4n) is 3.22. The van der Waals surface area contributed by atoms with Crippen molar-refractivity contribution in [1.29, 1.82) is 0 Å². The highest BCUT2D eigenvalue weighted by Gasteiger charge is 2.13. The minimum atomic E-state index is 0.665. The smallest absolute Gasteiger partial charge is 0.0499 e. The van der Waals surface area contributed by atoms with Crippen molar-refractivity contribution in [3.63, 3.8) is 0 Å². The molecule has 4 heteroatoms. The molecular formula is C18H16Cl2N2. The highest BCUT2D eigenvalue weighted by Crippen LogP contribution is 2.33. The Hall–Kier alpha value is -1.48. The van der Waals surface area contributed by atoms with Gasteiger partial charge in [0, 0.05) is 58.3 Å². The molecule has 112 valence electrons. The molecule has 1 aliphatic rings. The summed E-state index contributed by atoms with van der Waals surface area (Å²) in [7, 11) is 0. The lowest BCUT2D eigenvalue weighted by Crippen LogP contribution is -2.17. The zero-order valence-electron chi connectivity index (χ0n) is 12.1. The average Bonchev–Trinajstić information content (AvgIpc) is 2.68. The summed E-state index contributed by atoms with van der Waals surface area (Å²) in [4.78, 5) is 0. The van der Waals surface area contributed by atoms with Crippen LogP contribution in [-0.4, -0.2) is 17.7 Å². The van der Waals surface area contributed by atoms with E-state index < -0.39 is 0 Å². The summed E-state index contributed by atoms with van der Waals surface area (Å²) in [6, 6.07) is 14.5. The van der Waals surface area contributed by atoms with Crippen molar-refractivity contribution in [3.05, 3.63) is 58.2 Å². The van der Waals surface area contributed by atoms with Crippen LogP contribution >= 0.6 is 23.2 Å². The largest absolute Gasteiger partial charge is 0.343 e. The Morgan fingerprint density at radius 3 is 2.73 bits per heavy atom. The van der Waals surface area contributed by atoms with Crippen molar-refractivity contribution in [3.8, 4) is 11.1 Å². The Morgan fingerprint density at radius 1 is 0.955 bits per heavy atom. The first-order valence-corrected chi connectivity index (χ1v) is 8.26. The first-order chi connectivity index (χ1) is 10.7. The topological polar surface area (TPSA) is 17.0 Å². The quantitative estimate of drug-likeness (QED) is 0.680. The van der Waals surface area contributed by atoms with Gasteiger partial charge in [-0.2, -0.15) is 0 Å². The van der Waals surface area contributed by atoms with E-state index in [-0.39, 0.29) is 0 Å². The Bertz CT molecular complexity index is 852. The van der Waals surface area contributed by atoms with Gasteiger partial charge in [-0.25, -0.2) is 0 Å². The Kier molecular flexibility index (Phi) is 3.61. The van der Waals surface area contributed by atoms with E-state index >= 15 is 0 Å². The third-order valence-electron chi connectivity index (χ3n) is 4.30. The Morgan fingerprint density at radius 2 is 1.86 bits per heavy atom. The van der Waals surface area contributed by atoms with Crippen LogP contribution in [0.2, 0.25) is 10.0 Å². The third kappa shape index (κ3) is 2.41. The molecule has 0 unspecified atom stereocenters. The maximum absolute atomic E-state index is 6.34. The molecule has 2 heterocycles. The number of nitrogens with zero attached hydrogens (tertiary/aromatic N) is 1. The van der Waals surface area contributed by atoms with Crippen molar-refractivity contribution >= 4 is 34.1 Å². The van der Waals surface area contributed by atoms with Crippen molar-refractivity contribution < 1.29 is 0 Å². The third-order valence-corrected chi connectivity index (χ3v) is 4.85. The highest BCUT2D eigenvalue weighted by molar-refractivity contribution is 6.36. The van der Waals surface area contributed by atoms with E-state index in [0.29, 0.717) is 10.0 Å². The average molecular weight is 331 g/mol. The van der Waals surface area contributed by atoms with E-state index in [2.05, 4.69) is 34.1 Å². The van der Waals surface area contributed by atoms with Gasteiger partial charge in [0.05, 0.1) is 0 Å². The summed E-state index contributed by atoms with van der Waals surface area (Å²) in [5.74, 6) is 0. The SMILES string of the molecule is Clc1ccc(-c2ccc3c(c2)cc2n3CCNCC2)c(Cl)c1. The second-order valence-corrected chi connectivity index (χ2v) is 6.53. The number of benzene rings is 2. The van der Waals surface area contributed by atoms with Gasteiger partial charge in [0.2, 0.25) is 0 Å². The second kappa shape index (κ2) is 5.62. The van der Waals surface area contributed by atoms with Crippen LogP contribution in [0.5, 0.6) is 0 Å². The summed E-state index contributed by atoms with van der Waals surface area (Å²) in [6.45, 7) is 3.10. The zero-order chi connectivity index (χ0) is 15.1. The predicted molar refractivity (Wildman–Crippen MR) is 94.0 cm³/mol. The van der Waals surface area contributed by atoms with Crippen LogP contribution in [0.4, 0.5) is 0 Å². The lowest BCUT2D eigenvalue weighted by molar-refractivity contribution is 0.658. The fraction of sp³-hybridized carbons (Fsp3) is 0.222. The number of hydrogen-bond acceptors (Lipinski definition) is 1. The minimum absolute atomic E-state index is 0.665. The molecule has 0 atom stereocenters. The van der Waals surface area contributed by atoms with Crippen molar-refractivity contribution in [1.82, 2.24) is 9.88 Å². The number of nitrogens with one attached hydrogen (secondary N) is 1. The van der Waals surface area contributed by atoms with E-state index in [4.69, 9.17) is 23.2 Å². The molecule has 2 aromatic carbocycles. The monoisotopic (exact) mass is 330 g/mol. The van der Waals surface area contributed by atoms with Gasteiger partial charge < -0.3 is 9.88 Å². The number of aromatic nitrogens is 1. The Labute approximate surface area is 139 Å². The molecule has 1 N–H and O–H groups in total. The van der Waals surface area contributed by atoms with E-state index in [1.807, 2.05) is 12.1 Å². The molecule has 0 fully saturated rings. The molecule has 0 aliphatic carbocycles. The molecule has 0 radical (unpaired) electrons. The van der Waals surface area contributed by atoms with Crippen LogP contribution < -0.4 is 5.32 Å². The van der Waals surface area contributed by atoms with Crippen LogP contribution in [0.15, 0.2) is 42.5 Å². The lowest BCUT2D eigenvalue weighted by atomic mass is 10.0. The first kappa shape index (κ1) is 14.1. The van der Waals surface area contributed by atoms with Crippen LogP contribution in [-0.2, 0) is 13.0 Å². The molecule has 0 saturated carbocycles. The van der Waals surface area contributed by atoms with Gasteiger partial charge in [-0.15, -0.1) is 0 Å². The van der Waals surface area contributed by atoms with Gasteiger partial charge in [-0.3, -0.25) is 0 Å². The molecule has 1 aromatic heterocycles. The van der Waals surface area contributed by atoms with Gasteiger partial charge in [0.25, 0.3) is 0 Å². The van der Waals surface area contributed by atoms with E-state index in [0.717, 1.165) is 37.2 Å². The minimum Gasteiger partial charge on any atom is -0.343 e. The molecule has 22 heavy (non-hydrogen) atoms. The van der Waals surface area contributed by atoms with Crippen LogP contribution in [0.1, 0.15) is 5.69 Å². The van der Waals surface area contributed by atoms with Crippen LogP contribution in [0.25, 0.3) is 22.0 Å². The van der Waals surface area contributed by atoms with Gasteiger partial charge in [-0.05, 0) is 35.9 Å². The molecule has 3 aromatic rings. The predicted octanol–water partition coefficient (Wildman–Crippen LogP) is 4.76. The number of hydrogen-bond donors (Lipinski definition) is 1. The normalized spacial score (nSPS) is 14.8. The zero-order valence-corrected chi connectivity index (χ0v) is 13.6. The number of halogens is 2. The molecule has 0 saturated heterocycles. The maximum atomic E-state index is 6.34. The molecule has 4 rings (SSSR count). The summed E-state index contributed by atoms with van der Waals surface area (Å²) in [6.07, 6.45) is 1.08. The first-order valence-electron chi connectivity index (χ1n) is 7.51. The fourth-order valence-corrected chi connectivity index (χ4v) is 3.74. The van der Waals surface area contributed by atoms with Gasteiger partial charge in [-0.1, -0.05) is 35.3 Å². The maximum Gasteiger partial charge on any atom is 0.0499 e. The molecule has 0 spiro atoms. The van der Waals surface area contributed by atoms with Crippen LogP contribution in [0, 0.1) is 0 Å². The summed E-state index contributed by atoms with van der Waals surface area (Å²) in [5.41, 5.74) is 4.86. The van der Waals surface area contributed by atoms with E-state index in [1.165, 1.54) is 16.6 Å². The van der Waals surface area contributed by atoms with Gasteiger partial charge >= 0.3 is 0 Å². The van der Waals surface area contributed by atoms with E-state index in [1.54, 1.807) is 6.07 Å². The van der Waals surface area contributed by atoms with Crippen molar-refractivity contribution in [2.75, 3.05) is 13.1 Å². The second-order valence-electron chi connectivity index (χ2n) is 5.69. The lowest BCUT2D eigenvalue weighted by Gasteiger charge is -2.08. The number of fused-ring (bicyclic) bond motifs is 3. The Balaban J connectivity index is 1.84. The summed E-state index contributed by atoms with van der Waals surface area (Å²) >= 11 is 12.3.